The van der Waals surface area contributed by atoms with Gasteiger partial charge in [-0.05, 0) is 31.9 Å². The SMILES string of the molecule is CC(=O)c1ccc(N(CC(F)(F)F)C2CC2)c([N+](=O)[O-])c1. The molecule has 0 N–H and O–H groups in total. The molecule has 0 aliphatic heterocycles. The van der Waals surface area contributed by atoms with E-state index in [1.165, 1.54) is 19.1 Å². The van der Waals surface area contributed by atoms with Crippen LogP contribution in [0.2, 0.25) is 0 Å². The second kappa shape index (κ2) is 5.34. The van der Waals surface area contributed by atoms with Crippen LogP contribution >= 0.6 is 0 Å². The number of hydrogen-bond donors (Lipinski definition) is 0. The Labute approximate surface area is 118 Å². The summed E-state index contributed by atoms with van der Waals surface area (Å²) in [5.74, 6) is -0.376. The Kier molecular flexibility index (Phi) is 3.89. The minimum absolute atomic E-state index is 0.0928. The largest absolute Gasteiger partial charge is 0.405 e. The van der Waals surface area contributed by atoms with Gasteiger partial charge in [0.05, 0.1) is 4.92 Å². The topological polar surface area (TPSA) is 63.5 Å². The van der Waals surface area contributed by atoms with Crippen molar-refractivity contribution in [1.29, 1.82) is 0 Å². The van der Waals surface area contributed by atoms with E-state index < -0.39 is 23.3 Å². The monoisotopic (exact) mass is 302 g/mol. The molecule has 0 radical (unpaired) electrons. The van der Waals surface area contributed by atoms with Crippen molar-refractivity contribution in [1.82, 2.24) is 0 Å². The highest BCUT2D eigenvalue weighted by Gasteiger charge is 2.40. The van der Waals surface area contributed by atoms with E-state index in [0.29, 0.717) is 12.8 Å². The molecule has 2 rings (SSSR count). The number of halogens is 3. The zero-order valence-electron chi connectivity index (χ0n) is 11.2. The molecule has 0 heterocycles. The van der Waals surface area contributed by atoms with Crippen LogP contribution in [0.25, 0.3) is 0 Å². The molecule has 5 nitrogen and oxygen atoms in total. The summed E-state index contributed by atoms with van der Waals surface area (Å²) in [6, 6.07) is 3.23. The van der Waals surface area contributed by atoms with Crippen molar-refractivity contribution < 1.29 is 22.9 Å². The van der Waals surface area contributed by atoms with Gasteiger partial charge in [0, 0.05) is 17.7 Å². The highest BCUT2D eigenvalue weighted by molar-refractivity contribution is 5.95. The van der Waals surface area contributed by atoms with Gasteiger partial charge in [-0.1, -0.05) is 0 Å². The van der Waals surface area contributed by atoms with Crippen LogP contribution < -0.4 is 4.90 Å². The number of nitrogens with zero attached hydrogens (tertiary/aromatic N) is 2. The van der Waals surface area contributed by atoms with E-state index >= 15 is 0 Å². The fraction of sp³-hybridized carbons (Fsp3) is 0.462. The number of carbonyl (C=O) groups excluding carboxylic acids is 1. The smallest absolute Gasteiger partial charge is 0.354 e. The van der Waals surface area contributed by atoms with Crippen LogP contribution in [0.15, 0.2) is 18.2 Å². The van der Waals surface area contributed by atoms with Crippen molar-refractivity contribution >= 4 is 17.2 Å². The number of benzene rings is 1. The van der Waals surface area contributed by atoms with E-state index in [1.807, 2.05) is 0 Å². The number of anilines is 1. The molecule has 21 heavy (non-hydrogen) atoms. The first-order valence-corrected chi connectivity index (χ1v) is 6.32. The van der Waals surface area contributed by atoms with E-state index in [0.717, 1.165) is 11.0 Å². The van der Waals surface area contributed by atoms with Gasteiger partial charge < -0.3 is 4.90 Å². The molecule has 1 aliphatic carbocycles. The van der Waals surface area contributed by atoms with Crippen molar-refractivity contribution in [3.63, 3.8) is 0 Å². The lowest BCUT2D eigenvalue weighted by Crippen LogP contribution is -2.36. The first-order chi connectivity index (χ1) is 9.69. The standard InChI is InChI=1S/C13H13F3N2O3/c1-8(19)9-2-5-11(12(6-9)18(20)21)17(10-3-4-10)7-13(14,15)16/h2,5-6,10H,3-4,7H2,1H3. The number of alkyl halides is 3. The van der Waals surface area contributed by atoms with Crippen molar-refractivity contribution in [3.05, 3.63) is 33.9 Å². The Morgan fingerprint density at radius 1 is 1.43 bits per heavy atom. The van der Waals surface area contributed by atoms with Gasteiger partial charge in [-0.2, -0.15) is 13.2 Å². The van der Waals surface area contributed by atoms with Crippen LogP contribution in [0.1, 0.15) is 30.1 Å². The van der Waals surface area contributed by atoms with Gasteiger partial charge in [0.2, 0.25) is 0 Å². The molecule has 1 aliphatic rings. The van der Waals surface area contributed by atoms with E-state index in [2.05, 4.69) is 0 Å². The first kappa shape index (κ1) is 15.3. The van der Waals surface area contributed by atoms with Gasteiger partial charge in [-0.3, -0.25) is 14.9 Å². The van der Waals surface area contributed by atoms with Crippen LogP contribution in [-0.2, 0) is 0 Å². The summed E-state index contributed by atoms with van der Waals surface area (Å²) in [5, 5.41) is 11.1. The van der Waals surface area contributed by atoms with Crippen molar-refractivity contribution in [2.45, 2.75) is 32.0 Å². The molecule has 0 unspecified atom stereocenters. The highest BCUT2D eigenvalue weighted by Crippen LogP contribution is 2.39. The van der Waals surface area contributed by atoms with Crippen LogP contribution in [-0.4, -0.2) is 29.5 Å². The second-order valence-electron chi connectivity index (χ2n) is 4.99. The lowest BCUT2D eigenvalue weighted by atomic mass is 10.1. The fourth-order valence-corrected chi connectivity index (χ4v) is 2.12. The maximum Gasteiger partial charge on any atom is 0.405 e. The van der Waals surface area contributed by atoms with Gasteiger partial charge >= 0.3 is 6.18 Å². The van der Waals surface area contributed by atoms with Crippen LogP contribution in [0, 0.1) is 10.1 Å². The summed E-state index contributed by atoms with van der Waals surface area (Å²) in [4.78, 5) is 22.6. The number of Topliss-reactive ketones (excluding diaryl/α,β-unsaturated/α-hetero) is 1. The van der Waals surface area contributed by atoms with E-state index in [4.69, 9.17) is 0 Å². The summed E-state index contributed by atoms with van der Waals surface area (Å²) in [6.45, 7) is 0.00499. The normalized spacial score (nSPS) is 14.9. The number of nitro groups is 1. The zero-order chi connectivity index (χ0) is 15.8. The third kappa shape index (κ3) is 3.71. The molecule has 114 valence electrons. The molecule has 0 aromatic heterocycles. The molecule has 1 fully saturated rings. The minimum atomic E-state index is -4.45. The number of nitro benzene ring substituents is 1. The van der Waals surface area contributed by atoms with Crippen molar-refractivity contribution in [2.24, 2.45) is 0 Å². The Morgan fingerprint density at radius 3 is 2.48 bits per heavy atom. The zero-order valence-corrected chi connectivity index (χ0v) is 11.2. The molecule has 0 saturated heterocycles. The number of hydrogen-bond acceptors (Lipinski definition) is 4. The molecule has 1 saturated carbocycles. The summed E-state index contributed by atoms with van der Waals surface area (Å²) < 4.78 is 38.0. The highest BCUT2D eigenvalue weighted by atomic mass is 19.4. The van der Waals surface area contributed by atoms with Crippen molar-refractivity contribution in [3.8, 4) is 0 Å². The minimum Gasteiger partial charge on any atom is -0.354 e. The summed E-state index contributed by atoms with van der Waals surface area (Å²) in [7, 11) is 0. The molecule has 0 atom stereocenters. The summed E-state index contributed by atoms with van der Waals surface area (Å²) in [5.41, 5.74) is -0.461. The quantitative estimate of drug-likeness (QED) is 0.475. The van der Waals surface area contributed by atoms with Gasteiger partial charge in [0.15, 0.2) is 5.78 Å². The molecular weight excluding hydrogens is 289 g/mol. The lowest BCUT2D eigenvalue weighted by Gasteiger charge is -2.25. The lowest BCUT2D eigenvalue weighted by molar-refractivity contribution is -0.384. The van der Waals surface area contributed by atoms with Crippen LogP contribution in [0.4, 0.5) is 24.5 Å². The predicted octanol–water partition coefficient (Wildman–Crippen LogP) is 3.33. The molecule has 0 amide bonds. The van der Waals surface area contributed by atoms with Gasteiger partial charge in [-0.25, -0.2) is 0 Å². The summed E-state index contributed by atoms with van der Waals surface area (Å²) >= 11 is 0. The molecular formula is C13H13F3N2O3. The third-order valence-electron chi connectivity index (χ3n) is 3.23. The molecule has 0 bridgehead atoms. The number of rotatable bonds is 5. The average molecular weight is 302 g/mol. The third-order valence-corrected chi connectivity index (χ3v) is 3.23. The maximum absolute atomic E-state index is 12.7. The number of carbonyl (C=O) groups is 1. The molecule has 0 spiro atoms. The fourth-order valence-electron chi connectivity index (χ4n) is 2.12. The Bertz CT molecular complexity index is 583. The van der Waals surface area contributed by atoms with E-state index in [1.54, 1.807) is 0 Å². The van der Waals surface area contributed by atoms with Crippen LogP contribution in [0.3, 0.4) is 0 Å². The summed E-state index contributed by atoms with van der Waals surface area (Å²) in [6.07, 6.45) is -3.31. The van der Waals surface area contributed by atoms with Gasteiger partial charge in [0.1, 0.15) is 12.2 Å². The molecule has 1 aromatic carbocycles. The Morgan fingerprint density at radius 2 is 2.05 bits per heavy atom. The second-order valence-corrected chi connectivity index (χ2v) is 4.99. The van der Waals surface area contributed by atoms with E-state index in [9.17, 15) is 28.1 Å². The van der Waals surface area contributed by atoms with E-state index in [-0.39, 0.29) is 23.1 Å². The van der Waals surface area contributed by atoms with Crippen molar-refractivity contribution in [2.75, 3.05) is 11.4 Å². The van der Waals surface area contributed by atoms with Gasteiger partial charge in [-0.15, -0.1) is 0 Å². The van der Waals surface area contributed by atoms with Gasteiger partial charge in [0.25, 0.3) is 5.69 Å². The first-order valence-electron chi connectivity index (χ1n) is 6.32. The number of ketones is 1. The average Bonchev–Trinajstić information content (AvgIpc) is 3.18. The molecule has 8 heteroatoms. The van der Waals surface area contributed by atoms with Crippen LogP contribution in [0.5, 0.6) is 0 Å². The molecule has 1 aromatic rings. The Hall–Kier alpha value is -2.12. The maximum atomic E-state index is 12.7. The Balaban J connectivity index is 2.44. The predicted molar refractivity (Wildman–Crippen MR) is 69.5 cm³/mol.